The number of aryl methyl sites for hydroxylation is 2. The van der Waals surface area contributed by atoms with Gasteiger partial charge in [-0.2, -0.15) is 0 Å². The minimum absolute atomic E-state index is 0.866. The zero-order valence-corrected chi connectivity index (χ0v) is 9.24. The highest BCUT2D eigenvalue weighted by atomic mass is 32.1. The van der Waals surface area contributed by atoms with Crippen LogP contribution in [0.15, 0.2) is 12.4 Å². The molecule has 15 heavy (non-hydrogen) atoms. The molecule has 0 aliphatic rings. The van der Waals surface area contributed by atoms with Gasteiger partial charge in [0.25, 0.3) is 0 Å². The Bertz CT molecular complexity index is 395. The number of hydrogen-bond acceptors (Lipinski definition) is 6. The van der Waals surface area contributed by atoms with Gasteiger partial charge in [-0.25, -0.2) is 0 Å². The van der Waals surface area contributed by atoms with E-state index < -0.39 is 0 Å². The molecule has 80 valence electrons. The van der Waals surface area contributed by atoms with Crippen LogP contribution < -0.4 is 5.32 Å². The van der Waals surface area contributed by atoms with Gasteiger partial charge in [0.2, 0.25) is 5.13 Å². The van der Waals surface area contributed by atoms with Crippen LogP contribution in [0.1, 0.15) is 11.4 Å². The summed E-state index contributed by atoms with van der Waals surface area (Å²) in [5.74, 6) is 0. The molecule has 7 heteroatoms. The molecule has 2 rings (SSSR count). The first-order valence-electron chi connectivity index (χ1n) is 4.72. The van der Waals surface area contributed by atoms with Crippen LogP contribution in [0.5, 0.6) is 0 Å². The van der Waals surface area contributed by atoms with Crippen LogP contribution in [0.25, 0.3) is 0 Å². The van der Waals surface area contributed by atoms with Gasteiger partial charge in [-0.05, 0) is 13.3 Å². The van der Waals surface area contributed by atoms with E-state index in [-0.39, 0.29) is 0 Å². The Kier molecular flexibility index (Phi) is 3.23. The van der Waals surface area contributed by atoms with Gasteiger partial charge < -0.3 is 5.32 Å². The summed E-state index contributed by atoms with van der Waals surface area (Å²) < 4.78 is 1.81. The first-order chi connectivity index (χ1) is 7.34. The van der Waals surface area contributed by atoms with E-state index in [1.54, 1.807) is 17.5 Å². The minimum atomic E-state index is 0.866. The normalized spacial score (nSPS) is 10.5. The lowest BCUT2D eigenvalue weighted by molar-refractivity contribution is 0.569. The van der Waals surface area contributed by atoms with E-state index in [0.29, 0.717) is 0 Å². The summed E-state index contributed by atoms with van der Waals surface area (Å²) in [6.45, 7) is 3.68. The molecule has 0 bridgehead atoms. The van der Waals surface area contributed by atoms with Crippen LogP contribution in [0, 0.1) is 6.92 Å². The van der Waals surface area contributed by atoms with E-state index >= 15 is 0 Å². The average molecular weight is 224 g/mol. The van der Waals surface area contributed by atoms with Crippen molar-refractivity contribution in [3.05, 3.63) is 17.4 Å². The number of nitrogens with one attached hydrogen (secondary N) is 1. The largest absolute Gasteiger partial charge is 0.360 e. The summed E-state index contributed by atoms with van der Waals surface area (Å²) in [5.41, 5.74) is 0. The Balaban J connectivity index is 1.67. The van der Waals surface area contributed by atoms with Crippen LogP contribution in [0.2, 0.25) is 0 Å². The zero-order valence-electron chi connectivity index (χ0n) is 8.42. The molecule has 2 heterocycles. The summed E-state index contributed by atoms with van der Waals surface area (Å²) >= 11 is 1.57. The number of anilines is 1. The lowest BCUT2D eigenvalue weighted by Crippen LogP contribution is -2.07. The zero-order chi connectivity index (χ0) is 10.5. The molecule has 0 saturated carbocycles. The molecular formula is C8H12N6S. The molecule has 0 saturated heterocycles. The van der Waals surface area contributed by atoms with Crippen molar-refractivity contribution in [2.75, 3.05) is 11.9 Å². The molecule has 0 aliphatic carbocycles. The van der Waals surface area contributed by atoms with Crippen LogP contribution in [-0.4, -0.2) is 31.7 Å². The minimum Gasteiger partial charge on any atom is -0.360 e. The molecule has 0 aromatic carbocycles. The fourth-order valence-electron chi connectivity index (χ4n) is 1.16. The highest BCUT2D eigenvalue weighted by Gasteiger charge is 1.98. The molecule has 0 aliphatic heterocycles. The molecular weight excluding hydrogens is 212 g/mol. The second-order valence-corrected chi connectivity index (χ2v) is 4.25. The molecule has 0 unspecified atom stereocenters. The third kappa shape index (κ3) is 2.98. The molecule has 0 amide bonds. The Labute approximate surface area is 91.3 Å². The summed E-state index contributed by atoms with van der Waals surface area (Å²) in [7, 11) is 0. The third-order valence-corrected chi connectivity index (χ3v) is 2.63. The molecule has 0 spiro atoms. The Morgan fingerprint density at radius 2 is 2.40 bits per heavy atom. The molecule has 0 radical (unpaired) electrons. The van der Waals surface area contributed by atoms with Crippen LogP contribution in [0.4, 0.5) is 5.13 Å². The Hall–Kier alpha value is -1.50. The van der Waals surface area contributed by atoms with Gasteiger partial charge >= 0.3 is 0 Å². The first kappa shape index (κ1) is 10.0. The van der Waals surface area contributed by atoms with E-state index in [9.17, 15) is 0 Å². The molecule has 2 aromatic heterocycles. The summed E-state index contributed by atoms with van der Waals surface area (Å²) in [4.78, 5) is 0. The lowest BCUT2D eigenvalue weighted by atomic mass is 10.4. The number of rotatable bonds is 5. The summed E-state index contributed by atoms with van der Waals surface area (Å²) in [6, 6.07) is 0. The molecule has 0 atom stereocenters. The molecule has 0 fully saturated rings. The van der Waals surface area contributed by atoms with Crippen LogP contribution in [-0.2, 0) is 6.54 Å². The van der Waals surface area contributed by atoms with Crippen molar-refractivity contribution in [3.63, 3.8) is 0 Å². The summed E-state index contributed by atoms with van der Waals surface area (Å²) in [5, 5.41) is 20.6. The van der Waals surface area contributed by atoms with Gasteiger partial charge in [0.15, 0.2) is 0 Å². The smallest absolute Gasteiger partial charge is 0.205 e. The van der Waals surface area contributed by atoms with Gasteiger partial charge in [-0.1, -0.05) is 16.6 Å². The third-order valence-electron chi connectivity index (χ3n) is 1.84. The molecule has 1 N–H and O–H groups in total. The van der Waals surface area contributed by atoms with Gasteiger partial charge in [0.1, 0.15) is 5.01 Å². The van der Waals surface area contributed by atoms with E-state index in [2.05, 4.69) is 25.8 Å². The maximum absolute atomic E-state index is 3.97. The van der Waals surface area contributed by atoms with Gasteiger partial charge in [0, 0.05) is 19.3 Å². The fraction of sp³-hybridized carbons (Fsp3) is 0.500. The van der Waals surface area contributed by atoms with E-state index in [1.165, 1.54) is 0 Å². The van der Waals surface area contributed by atoms with E-state index in [0.717, 1.165) is 29.6 Å². The Morgan fingerprint density at radius 3 is 3.07 bits per heavy atom. The second kappa shape index (κ2) is 4.83. The number of nitrogens with zero attached hydrogens (tertiary/aromatic N) is 5. The maximum Gasteiger partial charge on any atom is 0.205 e. The van der Waals surface area contributed by atoms with Crippen molar-refractivity contribution in [1.82, 2.24) is 25.2 Å². The SMILES string of the molecule is Cc1nnc(NCCCn2ccnn2)s1. The van der Waals surface area contributed by atoms with Gasteiger partial charge in [0.05, 0.1) is 6.20 Å². The van der Waals surface area contributed by atoms with Crippen molar-refractivity contribution < 1.29 is 0 Å². The highest BCUT2D eigenvalue weighted by Crippen LogP contribution is 2.13. The first-order valence-corrected chi connectivity index (χ1v) is 5.54. The number of hydrogen-bond donors (Lipinski definition) is 1. The van der Waals surface area contributed by atoms with Crippen molar-refractivity contribution in [2.24, 2.45) is 0 Å². The van der Waals surface area contributed by atoms with Crippen molar-refractivity contribution in [1.29, 1.82) is 0 Å². The van der Waals surface area contributed by atoms with Crippen LogP contribution >= 0.6 is 11.3 Å². The van der Waals surface area contributed by atoms with Crippen molar-refractivity contribution >= 4 is 16.5 Å². The Morgan fingerprint density at radius 1 is 1.47 bits per heavy atom. The van der Waals surface area contributed by atoms with Gasteiger partial charge in [-0.15, -0.1) is 15.3 Å². The fourth-order valence-corrected chi connectivity index (χ4v) is 1.77. The topological polar surface area (TPSA) is 68.5 Å². The highest BCUT2D eigenvalue weighted by molar-refractivity contribution is 7.15. The van der Waals surface area contributed by atoms with Crippen molar-refractivity contribution in [3.8, 4) is 0 Å². The monoisotopic (exact) mass is 224 g/mol. The van der Waals surface area contributed by atoms with Gasteiger partial charge in [-0.3, -0.25) is 4.68 Å². The number of aromatic nitrogens is 5. The summed E-state index contributed by atoms with van der Waals surface area (Å²) in [6.07, 6.45) is 4.53. The predicted molar refractivity (Wildman–Crippen MR) is 57.8 cm³/mol. The molecule has 2 aromatic rings. The maximum atomic E-state index is 3.97. The van der Waals surface area contributed by atoms with Crippen molar-refractivity contribution in [2.45, 2.75) is 19.9 Å². The average Bonchev–Trinajstić information content (AvgIpc) is 2.84. The molecule has 6 nitrogen and oxygen atoms in total. The standard InChI is InChI=1S/C8H12N6S/c1-7-11-12-8(15-7)9-3-2-5-14-6-4-10-13-14/h4,6H,2-3,5H2,1H3,(H,9,12). The quantitative estimate of drug-likeness (QED) is 0.765. The van der Waals surface area contributed by atoms with E-state index in [4.69, 9.17) is 0 Å². The lowest BCUT2D eigenvalue weighted by Gasteiger charge is -2.01. The predicted octanol–water partition coefficient (Wildman–Crippen LogP) is 0.940. The second-order valence-electron chi connectivity index (χ2n) is 3.07. The van der Waals surface area contributed by atoms with E-state index in [1.807, 2.05) is 17.8 Å². The van der Waals surface area contributed by atoms with Crippen LogP contribution in [0.3, 0.4) is 0 Å².